The van der Waals surface area contributed by atoms with Gasteiger partial charge in [0.1, 0.15) is 0 Å². The summed E-state index contributed by atoms with van der Waals surface area (Å²) in [6.45, 7) is 11.9. The second-order valence-corrected chi connectivity index (χ2v) is 15.4. The van der Waals surface area contributed by atoms with Crippen LogP contribution in [0.2, 0.25) is 15.7 Å². The number of anilines is 1. The molecule has 18 nitrogen and oxygen atoms in total. The van der Waals surface area contributed by atoms with Gasteiger partial charge in [-0.3, -0.25) is 9.59 Å². The molecule has 2 aliphatic rings. The molecular weight excluding hydrogens is 851 g/mol. The summed E-state index contributed by atoms with van der Waals surface area (Å²) in [6.07, 6.45) is -0.900. The summed E-state index contributed by atoms with van der Waals surface area (Å²) >= 11 is 18.1. The Morgan fingerprint density at radius 1 is 0.705 bits per heavy atom. The third-order valence-corrected chi connectivity index (χ3v) is 10.8. The molecule has 8 atom stereocenters. The molecule has 6 aromatic rings. The van der Waals surface area contributed by atoms with E-state index in [0.29, 0.717) is 41.2 Å². The minimum absolute atomic E-state index is 0.000862. The zero-order valence-electron chi connectivity index (χ0n) is 34.4. The topological polar surface area (TPSA) is 222 Å². The first-order chi connectivity index (χ1) is 29.3. The number of benzene rings is 2. The van der Waals surface area contributed by atoms with Gasteiger partial charge in [-0.1, -0.05) is 110 Å². The van der Waals surface area contributed by atoms with E-state index in [4.69, 9.17) is 59.5 Å². The number of halogens is 3. The van der Waals surface area contributed by atoms with Crippen molar-refractivity contribution in [1.82, 2.24) is 49.9 Å². The molecule has 8 rings (SSSR count). The summed E-state index contributed by atoms with van der Waals surface area (Å²) in [5, 5.41) is 19.9. The lowest BCUT2D eigenvalue weighted by molar-refractivity contribution is -0.154. The minimum Gasteiger partial charge on any atom is -0.457 e. The van der Waals surface area contributed by atoms with Crippen molar-refractivity contribution in [2.45, 2.75) is 104 Å². The third kappa shape index (κ3) is 10.7. The fourth-order valence-corrected chi connectivity index (χ4v) is 7.76. The van der Waals surface area contributed by atoms with Gasteiger partial charge in [-0.05, 0) is 47.2 Å². The summed E-state index contributed by atoms with van der Waals surface area (Å²) in [6, 6.07) is 19.9. The highest BCUT2D eigenvalue weighted by Crippen LogP contribution is 2.40. The first kappa shape index (κ1) is 45.4. The number of carbonyl (C=O) groups is 2. The van der Waals surface area contributed by atoms with Gasteiger partial charge in [0.2, 0.25) is 10.6 Å². The van der Waals surface area contributed by atoms with E-state index in [9.17, 15) is 9.59 Å². The van der Waals surface area contributed by atoms with E-state index >= 15 is 0 Å². The maximum absolute atomic E-state index is 11.7. The maximum Gasteiger partial charge on any atom is 0.303 e. The number of ether oxygens (including phenoxy) is 4. The average molecular weight is 898 g/mol. The molecule has 2 saturated heterocycles. The van der Waals surface area contributed by atoms with Crippen LogP contribution in [0.25, 0.3) is 22.3 Å². The molecular formula is C40H47Cl3N12O6. The number of hydrogen-bond donors (Lipinski definition) is 2. The Labute approximate surface area is 366 Å². The van der Waals surface area contributed by atoms with Crippen LogP contribution < -0.4 is 11.1 Å². The first-order valence-electron chi connectivity index (χ1n) is 19.7. The Balaban J connectivity index is 0.000000177. The van der Waals surface area contributed by atoms with Gasteiger partial charge < -0.3 is 30.0 Å². The predicted molar refractivity (Wildman–Crippen MR) is 227 cm³/mol. The van der Waals surface area contributed by atoms with Crippen molar-refractivity contribution in [3.05, 3.63) is 87.5 Å². The Kier molecular flexibility index (Phi) is 15.4. The van der Waals surface area contributed by atoms with Gasteiger partial charge in [0, 0.05) is 38.8 Å². The fraction of sp³-hybridized carbons (Fsp3) is 0.450. The van der Waals surface area contributed by atoms with Crippen LogP contribution >= 0.6 is 34.8 Å². The molecule has 0 bridgehead atoms. The molecule has 324 valence electrons. The van der Waals surface area contributed by atoms with E-state index in [1.807, 2.05) is 88.4 Å². The molecule has 2 aromatic carbocycles. The molecule has 21 heteroatoms. The summed E-state index contributed by atoms with van der Waals surface area (Å²) in [5.74, 6) is -0.291. The zero-order valence-corrected chi connectivity index (χ0v) is 36.6. The van der Waals surface area contributed by atoms with Crippen LogP contribution in [0.4, 0.5) is 5.82 Å². The van der Waals surface area contributed by atoms with Crippen molar-refractivity contribution in [3.8, 4) is 0 Å². The number of esters is 2. The van der Waals surface area contributed by atoms with E-state index in [1.54, 1.807) is 0 Å². The molecule has 0 unspecified atom stereocenters. The van der Waals surface area contributed by atoms with Crippen molar-refractivity contribution in [3.63, 3.8) is 0 Å². The molecule has 0 radical (unpaired) electrons. The normalized spacial score (nSPS) is 23.2. The number of rotatable bonds is 10. The van der Waals surface area contributed by atoms with Gasteiger partial charge in [-0.25, -0.2) is 4.98 Å². The number of nitrogens with zero attached hydrogens (tertiary/aromatic N) is 10. The first-order valence-corrected chi connectivity index (χ1v) is 20.9. The van der Waals surface area contributed by atoms with E-state index in [1.165, 1.54) is 28.8 Å². The molecule has 4 aromatic heterocycles. The highest BCUT2D eigenvalue weighted by Gasteiger charge is 2.47. The lowest BCUT2D eigenvalue weighted by atomic mass is 9.98. The molecule has 2 fully saturated rings. The predicted octanol–water partition coefficient (Wildman–Crippen LogP) is 6.91. The van der Waals surface area contributed by atoms with Crippen molar-refractivity contribution in [1.29, 1.82) is 0 Å². The average Bonchev–Trinajstić information content (AvgIpc) is 4.01. The molecule has 0 amide bonds. The highest BCUT2D eigenvalue weighted by molar-refractivity contribution is 6.35. The van der Waals surface area contributed by atoms with Gasteiger partial charge in [-0.2, -0.15) is 24.3 Å². The van der Waals surface area contributed by atoms with E-state index in [-0.39, 0.29) is 51.7 Å². The van der Waals surface area contributed by atoms with Gasteiger partial charge in [0.25, 0.3) is 0 Å². The second kappa shape index (κ2) is 20.6. The minimum atomic E-state index is -0.647. The summed E-state index contributed by atoms with van der Waals surface area (Å²) in [4.78, 5) is 39.6. The highest BCUT2D eigenvalue weighted by atomic mass is 35.5. The Morgan fingerprint density at radius 2 is 1.16 bits per heavy atom. The summed E-state index contributed by atoms with van der Waals surface area (Å²) in [7, 11) is 0. The third-order valence-electron chi connectivity index (χ3n) is 10.2. The number of nitrogens with one attached hydrogen (secondary N) is 1. The van der Waals surface area contributed by atoms with Crippen LogP contribution in [0.15, 0.2) is 60.7 Å². The Morgan fingerprint density at radius 3 is 1.62 bits per heavy atom. The molecule has 0 spiro atoms. The summed E-state index contributed by atoms with van der Waals surface area (Å²) in [5.41, 5.74) is 9.15. The Bertz CT molecular complexity index is 2410. The Hall–Kier alpha value is -5.11. The number of carbonyl (C=O) groups excluding carboxylic acids is 2. The van der Waals surface area contributed by atoms with E-state index in [2.05, 4.69) is 45.9 Å². The molecule has 0 saturated carbocycles. The monoisotopic (exact) mass is 896 g/mol. The number of aromatic nitrogens is 10. The standard InChI is InChI=1S/C20H23ClN6O3.C13H15Cl2N5O3.C7H9N/c1-4-14-11(2)16(29-12(3)28)19(30-14)27-18-15(25-26-27)17(23-20(21)24-18)22-10-13-8-6-5-7-9-13;1-4-7-5(2)9(22-6(3)21)12(23-7)20-11-8(18-19-20)10(14)16-13(15)17-11;8-6-7-4-2-1-3-5-7/h5-9,11,14,16,19H,4,10H2,1-3H3,(H,22,23,24);5,7,9,12H,4H2,1-3H3;1-5H,6,8H2/t11-,14-,16-,19-;5-,7-,9-,12-;/m11./s1. The zero-order chi connectivity index (χ0) is 43.8. The van der Waals surface area contributed by atoms with Crippen molar-refractivity contribution in [2.75, 3.05) is 5.32 Å². The van der Waals surface area contributed by atoms with Crippen molar-refractivity contribution >= 4 is 74.9 Å². The molecule has 3 N–H and O–H groups in total. The van der Waals surface area contributed by atoms with Crippen LogP contribution in [-0.2, 0) is 41.6 Å². The summed E-state index contributed by atoms with van der Waals surface area (Å²) < 4.78 is 26.1. The van der Waals surface area contributed by atoms with Crippen LogP contribution in [0.5, 0.6) is 0 Å². The van der Waals surface area contributed by atoms with Gasteiger partial charge in [0.15, 0.2) is 58.0 Å². The fourth-order valence-electron chi connectivity index (χ4n) is 7.19. The van der Waals surface area contributed by atoms with Gasteiger partial charge >= 0.3 is 11.9 Å². The lowest BCUT2D eigenvalue weighted by Gasteiger charge is -2.20. The molecule has 0 aliphatic carbocycles. The molecule has 6 heterocycles. The molecule has 2 aliphatic heterocycles. The number of fused-ring (bicyclic) bond motifs is 2. The SMILES string of the molecule is CC[C@H]1O[C@@H](n2nnc3c(Cl)nc(Cl)nc32)[C@H](OC(C)=O)[C@@H]1C.CC[C@H]1O[C@@H](n2nnc3c(NCc4ccccc4)nc(Cl)nc32)[C@H](OC(C)=O)[C@@H]1C.NCc1ccccc1. The van der Waals surface area contributed by atoms with Crippen LogP contribution in [0.1, 0.15) is 78.0 Å². The lowest BCUT2D eigenvalue weighted by Crippen LogP contribution is -2.30. The van der Waals surface area contributed by atoms with Crippen LogP contribution in [0, 0.1) is 11.8 Å². The van der Waals surface area contributed by atoms with Crippen molar-refractivity contribution < 1.29 is 28.5 Å². The van der Waals surface area contributed by atoms with E-state index < -0.39 is 24.7 Å². The van der Waals surface area contributed by atoms with Gasteiger partial charge in [-0.15, -0.1) is 10.2 Å². The largest absolute Gasteiger partial charge is 0.457 e. The van der Waals surface area contributed by atoms with E-state index in [0.717, 1.165) is 18.4 Å². The molecule has 61 heavy (non-hydrogen) atoms. The maximum atomic E-state index is 11.7. The van der Waals surface area contributed by atoms with Crippen LogP contribution in [0.3, 0.4) is 0 Å². The number of hydrogen-bond acceptors (Lipinski definition) is 16. The van der Waals surface area contributed by atoms with Crippen molar-refractivity contribution in [2.24, 2.45) is 17.6 Å². The smallest absolute Gasteiger partial charge is 0.303 e. The quantitative estimate of drug-likeness (QED) is 0.0810. The van der Waals surface area contributed by atoms with Gasteiger partial charge in [0.05, 0.1) is 12.2 Å². The van der Waals surface area contributed by atoms with Crippen LogP contribution in [-0.4, -0.2) is 86.3 Å². The second-order valence-electron chi connectivity index (χ2n) is 14.4. The number of nitrogens with two attached hydrogens (primary N) is 1.